The monoisotopic (exact) mass is 248 g/mol. The molecule has 0 spiro atoms. The number of benzene rings is 1. The number of carbonyl (C=O) groups excluding carboxylic acids is 1. The van der Waals surface area contributed by atoms with E-state index in [2.05, 4.69) is 10.5 Å². The Labute approximate surface area is 104 Å². The molecule has 0 saturated heterocycles. The molecule has 5 heteroatoms. The summed E-state index contributed by atoms with van der Waals surface area (Å²) in [6.45, 7) is 3.74. The molecule has 0 aliphatic heterocycles. The molecule has 2 rings (SSSR count). The number of carbonyl (C=O) groups is 1. The van der Waals surface area contributed by atoms with Crippen LogP contribution in [0.4, 0.5) is 4.39 Å². The lowest BCUT2D eigenvalue weighted by molar-refractivity contribution is 0.0943. The summed E-state index contributed by atoms with van der Waals surface area (Å²) in [5, 5.41) is 6.27. The summed E-state index contributed by atoms with van der Waals surface area (Å²) in [5.74, 6) is -0.462. The van der Waals surface area contributed by atoms with E-state index >= 15 is 0 Å². The third kappa shape index (κ3) is 2.74. The standard InChI is InChI=1S/C13H13FN2O2/c1-8-3-4-11(12(14)5-8)13(17)15-7-10-6-9(2)16-18-10/h3-6H,7H2,1-2H3,(H,15,17). The van der Waals surface area contributed by atoms with Crippen LogP contribution in [0.15, 0.2) is 28.8 Å². The first kappa shape index (κ1) is 12.3. The number of rotatable bonds is 3. The van der Waals surface area contributed by atoms with Gasteiger partial charge in [0.05, 0.1) is 17.8 Å². The molecule has 0 radical (unpaired) electrons. The topological polar surface area (TPSA) is 55.1 Å². The minimum atomic E-state index is -0.527. The molecular formula is C13H13FN2O2. The van der Waals surface area contributed by atoms with E-state index in [4.69, 9.17) is 4.52 Å². The maximum atomic E-state index is 13.5. The van der Waals surface area contributed by atoms with Crippen molar-refractivity contribution >= 4 is 5.91 Å². The molecule has 18 heavy (non-hydrogen) atoms. The Morgan fingerprint density at radius 1 is 1.39 bits per heavy atom. The van der Waals surface area contributed by atoms with Crippen LogP contribution in [0, 0.1) is 19.7 Å². The van der Waals surface area contributed by atoms with Gasteiger partial charge in [0.15, 0.2) is 5.76 Å². The Kier molecular flexibility index (Phi) is 3.41. The van der Waals surface area contributed by atoms with E-state index in [1.165, 1.54) is 12.1 Å². The molecule has 1 amide bonds. The molecule has 0 saturated carbocycles. The van der Waals surface area contributed by atoms with Crippen LogP contribution in [0.2, 0.25) is 0 Å². The smallest absolute Gasteiger partial charge is 0.254 e. The highest BCUT2D eigenvalue weighted by molar-refractivity contribution is 5.94. The summed E-state index contributed by atoms with van der Waals surface area (Å²) in [6.07, 6.45) is 0. The van der Waals surface area contributed by atoms with Gasteiger partial charge in [-0.05, 0) is 31.5 Å². The average Bonchev–Trinajstić information content (AvgIpc) is 2.72. The average molecular weight is 248 g/mol. The molecule has 1 aromatic carbocycles. The van der Waals surface area contributed by atoms with Gasteiger partial charge in [0.25, 0.3) is 5.91 Å². The molecule has 0 atom stereocenters. The minimum absolute atomic E-state index is 0.0248. The zero-order chi connectivity index (χ0) is 13.1. The van der Waals surface area contributed by atoms with Crippen LogP contribution in [-0.2, 0) is 6.54 Å². The molecule has 2 aromatic rings. The van der Waals surface area contributed by atoms with Crippen molar-refractivity contribution in [2.45, 2.75) is 20.4 Å². The predicted molar refractivity (Wildman–Crippen MR) is 63.5 cm³/mol. The van der Waals surface area contributed by atoms with E-state index in [1.54, 1.807) is 26.0 Å². The molecule has 94 valence electrons. The molecule has 0 fully saturated rings. The van der Waals surface area contributed by atoms with Gasteiger partial charge >= 0.3 is 0 Å². The molecule has 0 aliphatic carbocycles. The van der Waals surface area contributed by atoms with Crippen molar-refractivity contribution in [3.05, 3.63) is 52.7 Å². The molecule has 0 bridgehead atoms. The van der Waals surface area contributed by atoms with Crippen LogP contribution < -0.4 is 5.32 Å². The second-order valence-electron chi connectivity index (χ2n) is 4.10. The Morgan fingerprint density at radius 2 is 2.17 bits per heavy atom. The molecule has 4 nitrogen and oxygen atoms in total. The first-order valence-electron chi connectivity index (χ1n) is 5.53. The van der Waals surface area contributed by atoms with Crippen molar-refractivity contribution in [1.82, 2.24) is 10.5 Å². The van der Waals surface area contributed by atoms with Crippen LogP contribution >= 0.6 is 0 Å². The lowest BCUT2D eigenvalue weighted by Crippen LogP contribution is -2.23. The molecule has 0 aliphatic rings. The van der Waals surface area contributed by atoms with E-state index < -0.39 is 11.7 Å². The SMILES string of the molecule is Cc1ccc(C(=O)NCc2cc(C)no2)c(F)c1. The third-order valence-electron chi connectivity index (χ3n) is 2.47. The maximum absolute atomic E-state index is 13.5. The number of aryl methyl sites for hydroxylation is 2. The van der Waals surface area contributed by atoms with Crippen molar-refractivity contribution < 1.29 is 13.7 Å². The second-order valence-corrected chi connectivity index (χ2v) is 4.10. The Balaban J connectivity index is 2.03. The van der Waals surface area contributed by atoms with Gasteiger partial charge in [0.2, 0.25) is 0 Å². The van der Waals surface area contributed by atoms with Crippen molar-refractivity contribution in [3.8, 4) is 0 Å². The summed E-state index contributed by atoms with van der Waals surface area (Å²) in [5.41, 5.74) is 1.53. The molecule has 1 N–H and O–H groups in total. The normalized spacial score (nSPS) is 10.4. The zero-order valence-corrected chi connectivity index (χ0v) is 10.2. The zero-order valence-electron chi connectivity index (χ0n) is 10.2. The van der Waals surface area contributed by atoms with Crippen LogP contribution in [-0.4, -0.2) is 11.1 Å². The number of aromatic nitrogens is 1. The number of hydrogen-bond acceptors (Lipinski definition) is 3. The van der Waals surface area contributed by atoms with Gasteiger partial charge in [-0.3, -0.25) is 4.79 Å². The molecule has 1 aromatic heterocycles. The summed E-state index contributed by atoms with van der Waals surface area (Å²) >= 11 is 0. The van der Waals surface area contributed by atoms with E-state index in [9.17, 15) is 9.18 Å². The van der Waals surface area contributed by atoms with Crippen LogP contribution in [0.3, 0.4) is 0 Å². The van der Waals surface area contributed by atoms with E-state index in [1.807, 2.05) is 0 Å². The molecule has 1 heterocycles. The minimum Gasteiger partial charge on any atom is -0.359 e. The fourth-order valence-corrected chi connectivity index (χ4v) is 1.57. The summed E-state index contributed by atoms with van der Waals surface area (Å²) in [4.78, 5) is 11.7. The highest BCUT2D eigenvalue weighted by atomic mass is 19.1. The van der Waals surface area contributed by atoms with Gasteiger partial charge in [-0.25, -0.2) is 4.39 Å². The largest absolute Gasteiger partial charge is 0.359 e. The predicted octanol–water partition coefficient (Wildman–Crippen LogP) is 2.36. The number of hydrogen-bond donors (Lipinski definition) is 1. The van der Waals surface area contributed by atoms with Gasteiger partial charge in [0.1, 0.15) is 5.82 Å². The van der Waals surface area contributed by atoms with Crippen LogP contribution in [0.25, 0.3) is 0 Å². The first-order chi connectivity index (χ1) is 8.56. The van der Waals surface area contributed by atoms with Crippen molar-refractivity contribution in [1.29, 1.82) is 0 Å². The van der Waals surface area contributed by atoms with Crippen molar-refractivity contribution in [3.63, 3.8) is 0 Å². The van der Waals surface area contributed by atoms with Gasteiger partial charge in [0, 0.05) is 6.07 Å². The Bertz CT molecular complexity index is 578. The fraction of sp³-hybridized carbons (Fsp3) is 0.231. The lowest BCUT2D eigenvalue weighted by Gasteiger charge is -2.04. The maximum Gasteiger partial charge on any atom is 0.254 e. The second kappa shape index (κ2) is 5.00. The third-order valence-corrected chi connectivity index (χ3v) is 2.47. The Morgan fingerprint density at radius 3 is 2.78 bits per heavy atom. The van der Waals surface area contributed by atoms with Crippen LogP contribution in [0.5, 0.6) is 0 Å². The number of amides is 1. The highest BCUT2D eigenvalue weighted by Gasteiger charge is 2.12. The number of halogens is 1. The summed E-state index contributed by atoms with van der Waals surface area (Å²) in [7, 11) is 0. The van der Waals surface area contributed by atoms with Crippen molar-refractivity contribution in [2.24, 2.45) is 0 Å². The fourth-order valence-electron chi connectivity index (χ4n) is 1.57. The van der Waals surface area contributed by atoms with Gasteiger partial charge in [-0.1, -0.05) is 11.2 Å². The van der Waals surface area contributed by atoms with E-state index in [-0.39, 0.29) is 12.1 Å². The molecular weight excluding hydrogens is 235 g/mol. The van der Waals surface area contributed by atoms with Crippen LogP contribution in [0.1, 0.15) is 27.4 Å². The van der Waals surface area contributed by atoms with E-state index in [0.717, 1.165) is 11.3 Å². The molecule has 0 unspecified atom stereocenters. The quantitative estimate of drug-likeness (QED) is 0.907. The first-order valence-corrected chi connectivity index (χ1v) is 5.53. The summed E-state index contributed by atoms with van der Waals surface area (Å²) in [6, 6.07) is 6.20. The van der Waals surface area contributed by atoms with E-state index in [0.29, 0.717) is 5.76 Å². The highest BCUT2D eigenvalue weighted by Crippen LogP contribution is 2.10. The van der Waals surface area contributed by atoms with Gasteiger partial charge in [-0.2, -0.15) is 0 Å². The number of nitrogens with zero attached hydrogens (tertiary/aromatic N) is 1. The number of nitrogens with one attached hydrogen (secondary N) is 1. The van der Waals surface area contributed by atoms with Gasteiger partial charge in [-0.15, -0.1) is 0 Å². The Hall–Kier alpha value is -2.17. The lowest BCUT2D eigenvalue weighted by atomic mass is 10.1. The summed E-state index contributed by atoms with van der Waals surface area (Å²) < 4.78 is 18.5. The van der Waals surface area contributed by atoms with Gasteiger partial charge < -0.3 is 9.84 Å². The van der Waals surface area contributed by atoms with Crippen molar-refractivity contribution in [2.75, 3.05) is 0 Å².